The van der Waals surface area contributed by atoms with E-state index in [9.17, 15) is 9.18 Å². The highest BCUT2D eigenvalue weighted by Crippen LogP contribution is 2.34. The molecule has 2 aliphatic rings. The lowest BCUT2D eigenvalue weighted by Gasteiger charge is -2.38. The molecule has 0 aromatic heterocycles. The minimum absolute atomic E-state index is 0.000697. The molecule has 2 heterocycles. The van der Waals surface area contributed by atoms with Gasteiger partial charge < -0.3 is 19.3 Å². The van der Waals surface area contributed by atoms with Crippen molar-refractivity contribution in [1.82, 2.24) is 9.80 Å². The van der Waals surface area contributed by atoms with E-state index < -0.39 is 0 Å². The third-order valence-corrected chi connectivity index (χ3v) is 6.62. The molecule has 1 amide bonds. The maximum atomic E-state index is 13.9. The molecule has 0 radical (unpaired) electrons. The molecule has 0 spiro atoms. The van der Waals surface area contributed by atoms with E-state index in [1.807, 2.05) is 23.1 Å². The fourth-order valence-corrected chi connectivity index (χ4v) is 4.92. The summed E-state index contributed by atoms with van der Waals surface area (Å²) in [6.45, 7) is 6.06. The SMILES string of the molecule is COCC(=O)N1CC(CN2CCN(c3cccc(OC)c3)CC2)C(c2cccc(F)c2)C1. The van der Waals surface area contributed by atoms with Gasteiger partial charge in [0.1, 0.15) is 18.2 Å². The number of ether oxygens (including phenoxy) is 2. The zero-order valence-electron chi connectivity index (χ0n) is 18.9. The smallest absolute Gasteiger partial charge is 0.248 e. The topological polar surface area (TPSA) is 45.2 Å². The van der Waals surface area contributed by atoms with Gasteiger partial charge in [0.15, 0.2) is 0 Å². The zero-order valence-corrected chi connectivity index (χ0v) is 18.9. The lowest BCUT2D eigenvalue weighted by atomic mass is 9.88. The van der Waals surface area contributed by atoms with Crippen molar-refractivity contribution in [3.05, 3.63) is 59.9 Å². The molecule has 7 heteroatoms. The molecule has 172 valence electrons. The Balaban J connectivity index is 1.41. The third-order valence-electron chi connectivity index (χ3n) is 6.62. The van der Waals surface area contributed by atoms with Gasteiger partial charge in [-0.05, 0) is 35.7 Å². The highest BCUT2D eigenvalue weighted by atomic mass is 19.1. The minimum Gasteiger partial charge on any atom is -0.497 e. The maximum Gasteiger partial charge on any atom is 0.248 e. The van der Waals surface area contributed by atoms with Crippen molar-refractivity contribution in [3.8, 4) is 5.75 Å². The molecular formula is C25H32FN3O3. The van der Waals surface area contributed by atoms with Crippen molar-refractivity contribution >= 4 is 11.6 Å². The molecule has 0 aliphatic carbocycles. The number of likely N-dealkylation sites (tertiary alicyclic amines) is 1. The first kappa shape index (κ1) is 22.6. The Morgan fingerprint density at radius 1 is 1.03 bits per heavy atom. The predicted molar refractivity (Wildman–Crippen MR) is 123 cm³/mol. The Kier molecular flexibility index (Phi) is 7.27. The molecule has 2 fully saturated rings. The van der Waals surface area contributed by atoms with Crippen molar-refractivity contribution in [1.29, 1.82) is 0 Å². The number of amides is 1. The summed E-state index contributed by atoms with van der Waals surface area (Å²) in [7, 11) is 3.23. The standard InChI is InChI=1S/C25H32FN3O3/c1-31-18-25(30)29-16-20(24(17-29)19-5-3-6-21(26)13-19)15-27-9-11-28(12-10-27)22-7-4-8-23(14-22)32-2/h3-8,13-14,20,24H,9-12,15-18H2,1-2H3. The summed E-state index contributed by atoms with van der Waals surface area (Å²) in [6, 6.07) is 15.0. The van der Waals surface area contributed by atoms with E-state index in [4.69, 9.17) is 9.47 Å². The number of rotatable bonds is 7. The first-order valence-corrected chi connectivity index (χ1v) is 11.2. The van der Waals surface area contributed by atoms with Crippen LogP contribution in [0.5, 0.6) is 5.75 Å². The van der Waals surface area contributed by atoms with Crippen LogP contribution in [0.25, 0.3) is 0 Å². The van der Waals surface area contributed by atoms with Crippen LogP contribution in [0, 0.1) is 11.7 Å². The number of benzene rings is 2. The van der Waals surface area contributed by atoms with Crippen molar-refractivity contribution < 1.29 is 18.7 Å². The molecule has 2 atom stereocenters. The Labute approximate surface area is 189 Å². The molecule has 2 aromatic carbocycles. The highest BCUT2D eigenvalue weighted by Gasteiger charge is 2.37. The number of anilines is 1. The number of nitrogens with zero attached hydrogens (tertiary/aromatic N) is 3. The Bertz CT molecular complexity index is 917. The van der Waals surface area contributed by atoms with Crippen LogP contribution in [-0.2, 0) is 9.53 Å². The van der Waals surface area contributed by atoms with E-state index in [0.29, 0.717) is 13.1 Å². The van der Waals surface area contributed by atoms with Crippen LogP contribution in [0.15, 0.2) is 48.5 Å². The Hall–Kier alpha value is -2.64. The van der Waals surface area contributed by atoms with Crippen molar-refractivity contribution in [2.45, 2.75) is 5.92 Å². The number of hydrogen-bond acceptors (Lipinski definition) is 5. The van der Waals surface area contributed by atoms with Crippen molar-refractivity contribution in [2.75, 3.05) is 71.5 Å². The predicted octanol–water partition coefficient (Wildman–Crippen LogP) is 2.84. The Morgan fingerprint density at radius 3 is 2.53 bits per heavy atom. The van der Waals surface area contributed by atoms with Gasteiger partial charge in [-0.15, -0.1) is 0 Å². The van der Waals surface area contributed by atoms with Gasteiger partial charge in [0.25, 0.3) is 0 Å². The van der Waals surface area contributed by atoms with Crippen LogP contribution in [0.3, 0.4) is 0 Å². The first-order valence-electron chi connectivity index (χ1n) is 11.2. The monoisotopic (exact) mass is 441 g/mol. The maximum absolute atomic E-state index is 13.9. The summed E-state index contributed by atoms with van der Waals surface area (Å²) < 4.78 is 24.3. The number of halogens is 1. The average Bonchev–Trinajstić information content (AvgIpc) is 3.24. The molecule has 2 saturated heterocycles. The zero-order chi connectivity index (χ0) is 22.5. The fraction of sp³-hybridized carbons (Fsp3) is 0.480. The molecule has 2 aromatic rings. The summed E-state index contributed by atoms with van der Waals surface area (Å²) in [5.41, 5.74) is 2.15. The van der Waals surface area contributed by atoms with Crippen LogP contribution < -0.4 is 9.64 Å². The summed E-state index contributed by atoms with van der Waals surface area (Å²) in [4.78, 5) is 19.2. The second-order valence-corrected chi connectivity index (χ2v) is 8.64. The normalized spacial score (nSPS) is 21.7. The van der Waals surface area contributed by atoms with Crippen LogP contribution in [0.4, 0.5) is 10.1 Å². The summed E-state index contributed by atoms with van der Waals surface area (Å²) in [6.07, 6.45) is 0. The number of hydrogen-bond donors (Lipinski definition) is 0. The number of methoxy groups -OCH3 is 2. The number of carbonyl (C=O) groups is 1. The Morgan fingerprint density at radius 2 is 1.81 bits per heavy atom. The minimum atomic E-state index is -0.227. The van der Waals surface area contributed by atoms with Crippen LogP contribution in [-0.4, -0.2) is 82.3 Å². The lowest BCUT2D eigenvalue weighted by Crippen LogP contribution is -2.48. The van der Waals surface area contributed by atoms with Crippen LogP contribution in [0.2, 0.25) is 0 Å². The van der Waals surface area contributed by atoms with Gasteiger partial charge in [-0.3, -0.25) is 9.69 Å². The molecule has 0 bridgehead atoms. The lowest BCUT2D eigenvalue weighted by molar-refractivity contribution is -0.134. The van der Waals surface area contributed by atoms with Gasteiger partial charge >= 0.3 is 0 Å². The molecular weight excluding hydrogens is 409 g/mol. The van der Waals surface area contributed by atoms with Gasteiger partial charge in [0.2, 0.25) is 5.91 Å². The van der Waals surface area contributed by atoms with Crippen molar-refractivity contribution in [2.24, 2.45) is 5.92 Å². The molecule has 0 saturated carbocycles. The summed E-state index contributed by atoms with van der Waals surface area (Å²) in [5, 5.41) is 0. The van der Waals surface area contributed by atoms with E-state index in [2.05, 4.69) is 21.9 Å². The molecule has 6 nitrogen and oxygen atoms in total. The quantitative estimate of drug-likeness (QED) is 0.661. The van der Waals surface area contributed by atoms with E-state index in [-0.39, 0.29) is 30.2 Å². The molecule has 0 N–H and O–H groups in total. The van der Waals surface area contributed by atoms with E-state index >= 15 is 0 Å². The fourth-order valence-electron chi connectivity index (χ4n) is 4.92. The van der Waals surface area contributed by atoms with Gasteiger partial charge in [-0.1, -0.05) is 18.2 Å². The second kappa shape index (κ2) is 10.3. The van der Waals surface area contributed by atoms with Gasteiger partial charge in [0.05, 0.1) is 7.11 Å². The molecule has 4 rings (SSSR count). The van der Waals surface area contributed by atoms with Gasteiger partial charge in [0, 0.05) is 70.6 Å². The highest BCUT2D eigenvalue weighted by molar-refractivity contribution is 5.78. The molecule has 32 heavy (non-hydrogen) atoms. The van der Waals surface area contributed by atoms with E-state index in [1.54, 1.807) is 19.2 Å². The molecule has 2 unspecified atom stereocenters. The van der Waals surface area contributed by atoms with Crippen molar-refractivity contribution in [3.63, 3.8) is 0 Å². The van der Waals surface area contributed by atoms with Gasteiger partial charge in [-0.25, -0.2) is 4.39 Å². The van der Waals surface area contributed by atoms with Crippen LogP contribution in [0.1, 0.15) is 11.5 Å². The largest absolute Gasteiger partial charge is 0.497 e. The van der Waals surface area contributed by atoms with E-state index in [0.717, 1.165) is 44.0 Å². The third kappa shape index (κ3) is 5.22. The second-order valence-electron chi connectivity index (χ2n) is 8.64. The summed E-state index contributed by atoms with van der Waals surface area (Å²) >= 11 is 0. The number of piperazine rings is 1. The van der Waals surface area contributed by atoms with Gasteiger partial charge in [-0.2, -0.15) is 0 Å². The first-order chi connectivity index (χ1) is 15.6. The molecule has 2 aliphatic heterocycles. The summed E-state index contributed by atoms with van der Waals surface area (Å²) in [5.74, 6) is 1.03. The van der Waals surface area contributed by atoms with Crippen LogP contribution >= 0.6 is 0 Å². The van der Waals surface area contributed by atoms with E-state index in [1.165, 1.54) is 18.9 Å². The average molecular weight is 442 g/mol. The number of carbonyl (C=O) groups excluding carboxylic acids is 1.